The van der Waals surface area contributed by atoms with Gasteiger partial charge in [0.2, 0.25) is 5.95 Å². The van der Waals surface area contributed by atoms with Crippen molar-refractivity contribution in [1.82, 2.24) is 9.97 Å². The zero-order chi connectivity index (χ0) is 23.1. The third kappa shape index (κ3) is 5.31. The van der Waals surface area contributed by atoms with Crippen molar-refractivity contribution >= 4 is 33.5 Å². The van der Waals surface area contributed by atoms with Gasteiger partial charge < -0.3 is 10.1 Å². The van der Waals surface area contributed by atoms with Crippen LogP contribution < -0.4 is 10.1 Å². The molecule has 0 aliphatic rings. The first kappa shape index (κ1) is 22.9. The van der Waals surface area contributed by atoms with E-state index in [2.05, 4.69) is 15.3 Å². The van der Waals surface area contributed by atoms with Crippen molar-refractivity contribution < 1.29 is 32.9 Å². The minimum atomic E-state index is -9.99. The first-order valence-electron chi connectivity index (χ1n) is 8.27. The Morgan fingerprint density at radius 1 is 1.03 bits per heavy atom. The predicted molar refractivity (Wildman–Crippen MR) is 105 cm³/mol. The lowest BCUT2D eigenvalue weighted by Gasteiger charge is -2.40. The van der Waals surface area contributed by atoms with Crippen LogP contribution in [0.3, 0.4) is 0 Å². The normalized spacial score (nSPS) is 14.0. The van der Waals surface area contributed by atoms with E-state index < -0.39 is 44.3 Å². The van der Waals surface area contributed by atoms with Gasteiger partial charge in [-0.15, -0.1) is 11.6 Å². The fourth-order valence-electron chi connectivity index (χ4n) is 2.64. The molecule has 13 heteroatoms. The van der Waals surface area contributed by atoms with Gasteiger partial charge in [0, 0.05) is 23.2 Å². The minimum Gasteiger partial charge on any atom is -0.496 e. The van der Waals surface area contributed by atoms with Crippen LogP contribution in [0.1, 0.15) is 5.56 Å². The molecule has 31 heavy (non-hydrogen) atoms. The maximum absolute atomic E-state index is 14.3. The Hall–Kier alpha value is -2.73. The number of alkyl halides is 1. The molecule has 0 amide bonds. The van der Waals surface area contributed by atoms with E-state index in [1.54, 1.807) is 0 Å². The lowest BCUT2D eigenvalue weighted by molar-refractivity contribution is 0.364. The van der Waals surface area contributed by atoms with Crippen LogP contribution in [0.15, 0.2) is 47.5 Å². The number of rotatable bonds is 6. The van der Waals surface area contributed by atoms with Gasteiger partial charge in [-0.3, -0.25) is 0 Å². The van der Waals surface area contributed by atoms with Gasteiger partial charge in [0.05, 0.1) is 13.3 Å². The molecule has 0 radical (unpaired) electrons. The van der Waals surface area contributed by atoms with Crippen LogP contribution in [0.2, 0.25) is 0 Å². The van der Waals surface area contributed by atoms with E-state index in [1.165, 1.54) is 13.2 Å². The molecular formula is C18H13ClF7N3OS. The second-order valence-electron chi connectivity index (χ2n) is 6.33. The van der Waals surface area contributed by atoms with Crippen molar-refractivity contribution in [1.29, 1.82) is 0 Å². The van der Waals surface area contributed by atoms with Crippen LogP contribution in [-0.4, -0.2) is 17.1 Å². The van der Waals surface area contributed by atoms with E-state index in [0.717, 1.165) is 18.2 Å². The van der Waals surface area contributed by atoms with Gasteiger partial charge in [0.1, 0.15) is 22.2 Å². The summed E-state index contributed by atoms with van der Waals surface area (Å²) in [5.41, 5.74) is -0.993. The number of aromatic nitrogens is 2. The third-order valence-corrected chi connectivity index (χ3v) is 5.42. The van der Waals surface area contributed by atoms with Crippen LogP contribution in [0.25, 0.3) is 11.3 Å². The summed E-state index contributed by atoms with van der Waals surface area (Å²) in [5.74, 6) is -2.52. The van der Waals surface area contributed by atoms with E-state index >= 15 is 0 Å². The van der Waals surface area contributed by atoms with Gasteiger partial charge in [0.25, 0.3) is 0 Å². The molecule has 168 valence electrons. The number of anilines is 2. The van der Waals surface area contributed by atoms with Crippen LogP contribution in [0.5, 0.6) is 5.75 Å². The second-order valence-corrected chi connectivity index (χ2v) is 9.00. The lowest BCUT2D eigenvalue weighted by Crippen LogP contribution is -2.08. The Balaban J connectivity index is 2.07. The number of hydrogen-bond donors (Lipinski definition) is 1. The van der Waals surface area contributed by atoms with Crippen molar-refractivity contribution in [3.63, 3.8) is 0 Å². The second kappa shape index (κ2) is 7.16. The van der Waals surface area contributed by atoms with Gasteiger partial charge in [-0.2, -0.15) is 0 Å². The van der Waals surface area contributed by atoms with E-state index in [-0.39, 0.29) is 34.7 Å². The van der Waals surface area contributed by atoms with Crippen LogP contribution in [-0.2, 0) is 5.88 Å². The summed E-state index contributed by atoms with van der Waals surface area (Å²) in [6.07, 6.45) is 0.713. The molecule has 0 unspecified atom stereocenters. The zero-order valence-electron chi connectivity index (χ0n) is 15.5. The molecule has 0 fully saturated rings. The molecule has 1 aromatic heterocycles. The van der Waals surface area contributed by atoms with Gasteiger partial charge in [0.15, 0.2) is 5.82 Å². The number of hydrogen-bond acceptors (Lipinski definition) is 4. The van der Waals surface area contributed by atoms with Gasteiger partial charge in [-0.25, -0.2) is 18.7 Å². The molecule has 3 rings (SSSR count). The number of methoxy groups -OCH3 is 1. The number of benzene rings is 2. The standard InChI is InChI=1S/C18H13ClF7N3OS/c1-30-16-6-11(20)2-3-14(16)17-15(21)9-27-18(29-17)28-12-4-10(8-19)5-13(7-12)31(22,23,24,25)26/h2-7,9H,8H2,1H3,(H,27,28,29). The first-order valence-corrected chi connectivity index (χ1v) is 10.8. The molecule has 4 nitrogen and oxygen atoms in total. The quantitative estimate of drug-likeness (QED) is 0.288. The Labute approximate surface area is 176 Å². The summed E-state index contributed by atoms with van der Waals surface area (Å²) in [4.78, 5) is 5.33. The minimum absolute atomic E-state index is 0.0362. The fraction of sp³-hybridized carbons (Fsp3) is 0.111. The van der Waals surface area contributed by atoms with Crippen LogP contribution in [0, 0.1) is 11.6 Å². The SMILES string of the molecule is COc1cc(F)ccc1-c1nc(Nc2cc(CCl)cc(S(F)(F)(F)(F)F)c2)ncc1F. The summed E-state index contributed by atoms with van der Waals surface area (Å²) in [7, 11) is -8.77. The number of nitrogens with one attached hydrogen (secondary N) is 1. The smallest absolute Gasteiger partial charge is 0.310 e. The number of halogens is 8. The van der Waals surface area contributed by atoms with Crippen LogP contribution in [0.4, 0.5) is 39.8 Å². The van der Waals surface area contributed by atoms with E-state index in [9.17, 15) is 28.2 Å². The summed E-state index contributed by atoms with van der Waals surface area (Å²) < 4.78 is 98.9. The predicted octanol–water partition coefficient (Wildman–Crippen LogP) is 7.57. The van der Waals surface area contributed by atoms with Crippen molar-refractivity contribution in [2.24, 2.45) is 0 Å². The molecule has 3 aromatic rings. The third-order valence-electron chi connectivity index (χ3n) is 3.98. The van der Waals surface area contributed by atoms with Gasteiger partial charge >= 0.3 is 10.2 Å². The molecule has 0 atom stereocenters. The number of ether oxygens (including phenoxy) is 1. The van der Waals surface area contributed by atoms with E-state index in [4.69, 9.17) is 16.3 Å². The van der Waals surface area contributed by atoms with Crippen molar-refractivity contribution in [3.05, 3.63) is 59.8 Å². The average molecular weight is 488 g/mol. The monoisotopic (exact) mass is 487 g/mol. The Morgan fingerprint density at radius 3 is 2.35 bits per heavy atom. The van der Waals surface area contributed by atoms with Gasteiger partial charge in [-0.05, 0) is 35.9 Å². The Morgan fingerprint density at radius 2 is 1.74 bits per heavy atom. The fourth-order valence-corrected chi connectivity index (χ4v) is 3.52. The average Bonchev–Trinajstić information content (AvgIpc) is 2.67. The molecule has 0 saturated carbocycles. The maximum Gasteiger partial charge on any atom is 0.310 e. The molecule has 2 aromatic carbocycles. The Bertz CT molecular complexity index is 1160. The molecule has 0 spiro atoms. The topological polar surface area (TPSA) is 47.0 Å². The summed E-state index contributed by atoms with van der Waals surface area (Å²) >= 11 is 5.53. The molecular weight excluding hydrogens is 475 g/mol. The highest BCUT2D eigenvalue weighted by atomic mass is 35.5. The summed E-state index contributed by atoms with van der Waals surface area (Å²) in [5, 5.41) is 2.33. The molecule has 0 bridgehead atoms. The highest BCUT2D eigenvalue weighted by molar-refractivity contribution is 8.45. The largest absolute Gasteiger partial charge is 0.496 e. The summed E-state index contributed by atoms with van der Waals surface area (Å²) in [6, 6.07) is 4.71. The molecule has 0 saturated heterocycles. The van der Waals surface area contributed by atoms with Crippen molar-refractivity contribution in [2.45, 2.75) is 10.8 Å². The van der Waals surface area contributed by atoms with E-state index in [0.29, 0.717) is 6.20 Å². The highest BCUT2D eigenvalue weighted by Gasteiger charge is 2.65. The lowest BCUT2D eigenvalue weighted by atomic mass is 10.1. The highest BCUT2D eigenvalue weighted by Crippen LogP contribution is 3.02. The van der Waals surface area contributed by atoms with Crippen molar-refractivity contribution in [2.75, 3.05) is 12.4 Å². The maximum atomic E-state index is 14.3. The summed E-state index contributed by atoms with van der Waals surface area (Å²) in [6.45, 7) is 0. The van der Waals surface area contributed by atoms with Gasteiger partial charge in [-0.1, -0.05) is 19.4 Å². The number of nitrogens with zero attached hydrogens (tertiary/aromatic N) is 2. The van der Waals surface area contributed by atoms with Crippen molar-refractivity contribution in [3.8, 4) is 17.0 Å². The molecule has 1 N–H and O–H groups in total. The van der Waals surface area contributed by atoms with E-state index in [1.807, 2.05) is 0 Å². The zero-order valence-corrected chi connectivity index (χ0v) is 17.1. The first-order chi connectivity index (χ1) is 14.2. The van der Waals surface area contributed by atoms with Crippen LogP contribution >= 0.6 is 21.8 Å². The molecule has 1 heterocycles. The molecule has 0 aliphatic heterocycles. The molecule has 0 aliphatic carbocycles. The Kier molecular flexibility index (Phi) is 5.30.